The van der Waals surface area contributed by atoms with Crippen LogP contribution in [0.5, 0.6) is 0 Å². The van der Waals surface area contributed by atoms with Gasteiger partial charge in [0, 0.05) is 24.2 Å². The molecule has 0 saturated heterocycles. The molecule has 0 atom stereocenters. The van der Waals surface area contributed by atoms with Crippen LogP contribution < -0.4 is 5.32 Å². The molecule has 1 aromatic carbocycles. The molecule has 0 aliphatic heterocycles. The highest BCUT2D eigenvalue weighted by Crippen LogP contribution is 2.14. The molecule has 0 aliphatic rings. The Morgan fingerprint density at radius 2 is 2.00 bits per heavy atom. The van der Waals surface area contributed by atoms with Crippen LogP contribution in [0.25, 0.3) is 0 Å². The molecule has 0 fully saturated rings. The number of aromatic nitrogens is 2. The van der Waals surface area contributed by atoms with E-state index >= 15 is 0 Å². The molecule has 84 valence electrons. The van der Waals surface area contributed by atoms with Gasteiger partial charge < -0.3 is 5.32 Å². The van der Waals surface area contributed by atoms with Gasteiger partial charge in [-0.25, -0.2) is 0 Å². The monoisotopic (exact) mass is 215 g/mol. The Morgan fingerprint density at radius 1 is 1.25 bits per heavy atom. The number of hydrogen-bond acceptors (Lipinski definition) is 2. The first-order chi connectivity index (χ1) is 7.81. The fourth-order valence-electron chi connectivity index (χ4n) is 1.85. The van der Waals surface area contributed by atoms with E-state index in [1.165, 1.54) is 11.1 Å². The minimum absolute atomic E-state index is 0.866. The molecule has 1 heterocycles. The maximum absolute atomic E-state index is 4.36. The Balaban J connectivity index is 2.21. The van der Waals surface area contributed by atoms with Crippen LogP contribution in [-0.4, -0.2) is 17.2 Å². The number of rotatable bonds is 4. The molecule has 2 aromatic rings. The number of aromatic amines is 1. The first-order valence-electron chi connectivity index (χ1n) is 5.52. The van der Waals surface area contributed by atoms with Crippen molar-refractivity contribution in [2.24, 2.45) is 0 Å². The Morgan fingerprint density at radius 3 is 2.69 bits per heavy atom. The quantitative estimate of drug-likeness (QED) is 0.819. The van der Waals surface area contributed by atoms with E-state index in [-0.39, 0.29) is 0 Å². The van der Waals surface area contributed by atoms with E-state index in [0.717, 1.165) is 24.4 Å². The van der Waals surface area contributed by atoms with Crippen LogP contribution >= 0.6 is 0 Å². The second kappa shape index (κ2) is 4.94. The zero-order valence-electron chi connectivity index (χ0n) is 9.75. The third-order valence-corrected chi connectivity index (χ3v) is 2.73. The van der Waals surface area contributed by atoms with E-state index in [2.05, 4.69) is 46.7 Å². The molecule has 0 radical (unpaired) electrons. The topological polar surface area (TPSA) is 40.7 Å². The second-order valence-corrected chi connectivity index (χ2v) is 3.97. The molecule has 0 aliphatic carbocycles. The third kappa shape index (κ3) is 2.31. The number of H-pyrrole nitrogens is 1. The van der Waals surface area contributed by atoms with Gasteiger partial charge in [0.25, 0.3) is 0 Å². The van der Waals surface area contributed by atoms with Gasteiger partial charge in [-0.1, -0.05) is 30.3 Å². The van der Waals surface area contributed by atoms with Gasteiger partial charge >= 0.3 is 0 Å². The van der Waals surface area contributed by atoms with E-state index in [1.807, 2.05) is 13.1 Å². The highest BCUT2D eigenvalue weighted by molar-refractivity contribution is 5.30. The molecule has 0 bridgehead atoms. The highest BCUT2D eigenvalue weighted by Gasteiger charge is 2.09. The molecule has 2 rings (SSSR count). The van der Waals surface area contributed by atoms with E-state index in [1.54, 1.807) is 0 Å². The van der Waals surface area contributed by atoms with Crippen LogP contribution in [0.2, 0.25) is 0 Å². The molecule has 0 spiro atoms. The van der Waals surface area contributed by atoms with Gasteiger partial charge in [0.2, 0.25) is 0 Å². The van der Waals surface area contributed by atoms with Crippen LogP contribution in [-0.2, 0) is 13.0 Å². The summed E-state index contributed by atoms with van der Waals surface area (Å²) in [5.41, 5.74) is 4.87. The summed E-state index contributed by atoms with van der Waals surface area (Å²) in [7, 11) is 1.96. The van der Waals surface area contributed by atoms with E-state index in [0.29, 0.717) is 0 Å². The summed E-state index contributed by atoms with van der Waals surface area (Å²) in [5, 5.41) is 10.6. The summed E-state index contributed by atoms with van der Waals surface area (Å²) < 4.78 is 0. The lowest BCUT2D eigenvalue weighted by molar-refractivity contribution is 0.802. The van der Waals surface area contributed by atoms with Gasteiger partial charge in [-0.2, -0.15) is 5.10 Å². The van der Waals surface area contributed by atoms with Crippen molar-refractivity contribution >= 4 is 0 Å². The largest absolute Gasteiger partial charge is 0.316 e. The lowest BCUT2D eigenvalue weighted by Gasteiger charge is -2.03. The van der Waals surface area contributed by atoms with Crippen LogP contribution in [0.4, 0.5) is 0 Å². The maximum atomic E-state index is 4.36. The summed E-state index contributed by atoms with van der Waals surface area (Å²) in [4.78, 5) is 0. The predicted molar refractivity (Wildman–Crippen MR) is 65.3 cm³/mol. The Kier molecular flexibility index (Phi) is 3.37. The molecular weight excluding hydrogens is 198 g/mol. The van der Waals surface area contributed by atoms with Crippen molar-refractivity contribution in [1.82, 2.24) is 15.5 Å². The van der Waals surface area contributed by atoms with Crippen molar-refractivity contribution in [3.05, 3.63) is 52.8 Å². The van der Waals surface area contributed by atoms with Crippen molar-refractivity contribution in [2.75, 3.05) is 7.05 Å². The average molecular weight is 215 g/mol. The lowest BCUT2D eigenvalue weighted by Crippen LogP contribution is -2.08. The zero-order chi connectivity index (χ0) is 11.4. The summed E-state index contributed by atoms with van der Waals surface area (Å²) in [6, 6.07) is 10.4. The minimum Gasteiger partial charge on any atom is -0.316 e. The van der Waals surface area contributed by atoms with Crippen LogP contribution in [0.15, 0.2) is 30.3 Å². The number of benzene rings is 1. The molecule has 3 nitrogen and oxygen atoms in total. The minimum atomic E-state index is 0.866. The van der Waals surface area contributed by atoms with E-state index in [4.69, 9.17) is 0 Å². The summed E-state index contributed by atoms with van der Waals surface area (Å²) in [6.07, 6.45) is 0.891. The predicted octanol–water partition coefficient (Wildman–Crippen LogP) is 2.03. The summed E-state index contributed by atoms with van der Waals surface area (Å²) in [5.74, 6) is 0. The van der Waals surface area contributed by atoms with E-state index < -0.39 is 0 Å². The molecule has 1 aromatic heterocycles. The van der Waals surface area contributed by atoms with Crippen molar-refractivity contribution in [1.29, 1.82) is 0 Å². The van der Waals surface area contributed by atoms with Crippen molar-refractivity contribution in [3.63, 3.8) is 0 Å². The smallest absolute Gasteiger partial charge is 0.0713 e. The van der Waals surface area contributed by atoms with Crippen LogP contribution in [0.3, 0.4) is 0 Å². The number of hydrogen-bond donors (Lipinski definition) is 2. The zero-order valence-corrected chi connectivity index (χ0v) is 9.75. The molecule has 0 saturated carbocycles. The fraction of sp³-hybridized carbons (Fsp3) is 0.308. The Hall–Kier alpha value is -1.61. The Labute approximate surface area is 95.9 Å². The van der Waals surface area contributed by atoms with E-state index in [9.17, 15) is 0 Å². The second-order valence-electron chi connectivity index (χ2n) is 3.97. The van der Waals surface area contributed by atoms with Crippen LogP contribution in [0, 0.1) is 6.92 Å². The highest BCUT2D eigenvalue weighted by atomic mass is 15.1. The maximum Gasteiger partial charge on any atom is 0.0713 e. The Bertz CT molecular complexity index is 445. The van der Waals surface area contributed by atoms with Gasteiger partial charge in [0.05, 0.1) is 5.69 Å². The van der Waals surface area contributed by atoms with Gasteiger partial charge in [0.1, 0.15) is 0 Å². The van der Waals surface area contributed by atoms with Crippen molar-refractivity contribution < 1.29 is 0 Å². The van der Waals surface area contributed by atoms with Crippen LogP contribution in [0.1, 0.15) is 22.5 Å². The lowest BCUT2D eigenvalue weighted by atomic mass is 10.1. The normalized spacial score (nSPS) is 10.6. The first-order valence-corrected chi connectivity index (χ1v) is 5.52. The van der Waals surface area contributed by atoms with Gasteiger partial charge in [-0.05, 0) is 19.5 Å². The van der Waals surface area contributed by atoms with Gasteiger partial charge in [-0.15, -0.1) is 0 Å². The molecule has 16 heavy (non-hydrogen) atoms. The summed E-state index contributed by atoms with van der Waals surface area (Å²) in [6.45, 7) is 2.93. The standard InChI is InChI=1S/C13H17N3/c1-10-12(9-14-2)13(16-15-10)8-11-6-4-3-5-7-11/h3-7,14H,8-9H2,1-2H3,(H,15,16). The first kappa shape index (κ1) is 10.9. The number of aryl methyl sites for hydroxylation is 1. The SMILES string of the molecule is CNCc1c(Cc2ccccc2)n[nH]c1C. The molecular formula is C13H17N3. The fourth-order valence-corrected chi connectivity index (χ4v) is 1.85. The number of nitrogens with zero attached hydrogens (tertiary/aromatic N) is 1. The van der Waals surface area contributed by atoms with Gasteiger partial charge in [0.15, 0.2) is 0 Å². The number of nitrogens with one attached hydrogen (secondary N) is 2. The molecule has 3 heteroatoms. The molecule has 2 N–H and O–H groups in total. The average Bonchev–Trinajstić information content (AvgIpc) is 2.64. The van der Waals surface area contributed by atoms with Crippen molar-refractivity contribution in [3.8, 4) is 0 Å². The van der Waals surface area contributed by atoms with Crippen molar-refractivity contribution in [2.45, 2.75) is 19.9 Å². The third-order valence-electron chi connectivity index (χ3n) is 2.73. The van der Waals surface area contributed by atoms with Gasteiger partial charge in [-0.3, -0.25) is 5.10 Å². The summed E-state index contributed by atoms with van der Waals surface area (Å²) >= 11 is 0. The molecule has 0 amide bonds. The molecule has 0 unspecified atom stereocenters.